The lowest BCUT2D eigenvalue weighted by molar-refractivity contribution is -0.218. The molecule has 0 spiro atoms. The van der Waals surface area contributed by atoms with Gasteiger partial charge in [-0.15, -0.1) is 0 Å². The molecule has 4 aromatic rings. The number of thioether (sulfide) groups is 1. The summed E-state index contributed by atoms with van der Waals surface area (Å²) < 4.78 is 60.9. The lowest BCUT2D eigenvalue weighted by Crippen LogP contribution is -2.45. The molecular weight excluding hydrogens is 892 g/mol. The lowest BCUT2D eigenvalue weighted by atomic mass is 9.77. The SMILES string of the molecule is CCCCCCCCN(C)P(=O)(OCCSC(=O)C(C)(C)CC)OC[C@H]1O[C@@H](n2ccc(NC(c3ccccc3)(c3ccc(OC)cc3)c3ccc(OC)cc3)nc2=O)C2(C)OC(C)(C)O[C@@H]12. The zero-order valence-corrected chi connectivity index (χ0v) is 42.7. The summed E-state index contributed by atoms with van der Waals surface area (Å²) in [6, 6.07) is 27.3. The van der Waals surface area contributed by atoms with Crippen molar-refractivity contribution in [3.63, 3.8) is 0 Å². The number of rotatable bonds is 25. The van der Waals surface area contributed by atoms with Crippen LogP contribution in [-0.4, -0.2) is 89.7 Å². The molecule has 3 heterocycles. The number of nitrogens with zero attached hydrogens (tertiary/aromatic N) is 3. The molecule has 2 fully saturated rings. The van der Waals surface area contributed by atoms with E-state index in [0.29, 0.717) is 36.0 Å². The van der Waals surface area contributed by atoms with Gasteiger partial charge >= 0.3 is 13.4 Å². The van der Waals surface area contributed by atoms with E-state index in [4.69, 9.17) is 32.7 Å². The lowest BCUT2D eigenvalue weighted by Gasteiger charge is -2.37. The van der Waals surface area contributed by atoms with Gasteiger partial charge in [-0.1, -0.05) is 126 Å². The summed E-state index contributed by atoms with van der Waals surface area (Å²) in [6.45, 7) is 13.8. The zero-order chi connectivity index (χ0) is 48.5. The fraction of sp³-hybridized carbons (Fsp3) is 0.549. The van der Waals surface area contributed by atoms with E-state index in [0.717, 1.165) is 48.8 Å². The zero-order valence-electron chi connectivity index (χ0n) is 41.0. The van der Waals surface area contributed by atoms with Gasteiger partial charge in [-0.05, 0) is 87.7 Å². The Labute approximate surface area is 401 Å². The summed E-state index contributed by atoms with van der Waals surface area (Å²) in [5.41, 5.74) is -0.636. The Kier molecular flexibility index (Phi) is 17.6. The maximum absolute atomic E-state index is 14.7. The Hall–Kier alpha value is -4.05. The van der Waals surface area contributed by atoms with Crippen molar-refractivity contribution in [3.05, 3.63) is 118 Å². The van der Waals surface area contributed by atoms with Crippen molar-refractivity contribution in [1.29, 1.82) is 0 Å². The van der Waals surface area contributed by atoms with E-state index in [-0.39, 0.29) is 18.3 Å². The number of fused-ring (bicyclic) bond motifs is 1. The van der Waals surface area contributed by atoms with Crippen LogP contribution in [0.4, 0.5) is 5.82 Å². The topological polar surface area (TPSA) is 149 Å². The Morgan fingerprint density at radius 2 is 1.46 bits per heavy atom. The number of carbonyl (C=O) groups is 1. The maximum atomic E-state index is 14.7. The minimum atomic E-state index is -3.91. The highest BCUT2D eigenvalue weighted by Crippen LogP contribution is 2.55. The summed E-state index contributed by atoms with van der Waals surface area (Å²) in [6.07, 6.45) is 6.19. The van der Waals surface area contributed by atoms with Crippen LogP contribution < -0.4 is 20.5 Å². The minimum absolute atomic E-state index is 0.0419. The first-order chi connectivity index (χ1) is 31.9. The first kappa shape index (κ1) is 52.3. The van der Waals surface area contributed by atoms with E-state index in [1.165, 1.54) is 22.7 Å². The molecular formula is C51H71N4O10PS. The van der Waals surface area contributed by atoms with Gasteiger partial charge in [0.15, 0.2) is 17.1 Å². The molecule has 0 radical (unpaired) electrons. The molecule has 2 saturated heterocycles. The average molecular weight is 963 g/mol. The van der Waals surface area contributed by atoms with Gasteiger partial charge in [0, 0.05) is 23.9 Å². The molecule has 1 N–H and O–H groups in total. The number of anilines is 1. The van der Waals surface area contributed by atoms with E-state index >= 15 is 0 Å². The standard InChI is InChI=1S/C51H71N4O10PS/c1-11-13-14-15-16-20-32-54(8)66(58,61-34-35-67-46(56)48(3,4)12-2)62-36-42-44-50(7,65-49(5,6)64-44)45(63-42)55-33-31-43(52-47(55)57)53-51(37-21-18-17-19-22-37,38-23-27-40(59-9)28-24-38)39-25-29-41(60-10)30-26-39/h17-19,21-31,33,42,44-45H,11-16,20,32,34-36H2,1-10H3,(H,52,53,57)/t42-,44+,45-,50?,66?/m1/s1. The molecule has 16 heteroatoms. The molecule has 5 atom stereocenters. The van der Waals surface area contributed by atoms with Crippen LogP contribution in [0.25, 0.3) is 0 Å². The molecule has 366 valence electrons. The van der Waals surface area contributed by atoms with Gasteiger partial charge < -0.3 is 29.0 Å². The maximum Gasteiger partial charge on any atom is 0.408 e. The molecule has 2 aliphatic heterocycles. The number of benzene rings is 3. The van der Waals surface area contributed by atoms with Gasteiger partial charge in [0.1, 0.15) is 40.7 Å². The molecule has 2 aliphatic rings. The smallest absolute Gasteiger partial charge is 0.408 e. The van der Waals surface area contributed by atoms with Crippen molar-refractivity contribution in [2.45, 2.75) is 129 Å². The number of hydrogen-bond acceptors (Lipinski definition) is 13. The summed E-state index contributed by atoms with van der Waals surface area (Å²) in [5.74, 6) is 0.981. The molecule has 14 nitrogen and oxygen atoms in total. The molecule has 67 heavy (non-hydrogen) atoms. The Bertz CT molecular complexity index is 2280. The second kappa shape index (κ2) is 22.6. The fourth-order valence-corrected chi connectivity index (χ4v) is 11.2. The first-order valence-corrected chi connectivity index (χ1v) is 26.0. The van der Waals surface area contributed by atoms with Crippen LogP contribution >= 0.6 is 19.5 Å². The van der Waals surface area contributed by atoms with Crippen LogP contribution in [0.5, 0.6) is 11.5 Å². The van der Waals surface area contributed by atoms with Gasteiger partial charge in [-0.25, -0.2) is 14.0 Å². The molecule has 0 bridgehead atoms. The summed E-state index contributed by atoms with van der Waals surface area (Å²) in [4.78, 5) is 31.9. The van der Waals surface area contributed by atoms with Crippen LogP contribution in [0.2, 0.25) is 0 Å². The van der Waals surface area contributed by atoms with Crippen molar-refractivity contribution < 1.29 is 42.1 Å². The predicted octanol–water partition coefficient (Wildman–Crippen LogP) is 10.6. The van der Waals surface area contributed by atoms with Crippen LogP contribution in [0, 0.1) is 5.41 Å². The molecule has 3 aromatic carbocycles. The number of unbranched alkanes of at least 4 members (excludes halogenated alkanes) is 5. The molecule has 2 unspecified atom stereocenters. The third-order valence-electron chi connectivity index (χ3n) is 12.9. The van der Waals surface area contributed by atoms with E-state index < -0.39 is 54.2 Å². The van der Waals surface area contributed by atoms with Crippen LogP contribution in [0.3, 0.4) is 0 Å². The second-order valence-corrected chi connectivity index (χ2v) is 21.8. The van der Waals surface area contributed by atoms with Crippen LogP contribution in [0.1, 0.15) is 116 Å². The highest BCUT2D eigenvalue weighted by atomic mass is 32.2. The quantitative estimate of drug-likeness (QED) is 0.0381. The average Bonchev–Trinajstić information content (AvgIpc) is 3.74. The number of ether oxygens (including phenoxy) is 5. The second-order valence-electron chi connectivity index (χ2n) is 18.6. The van der Waals surface area contributed by atoms with E-state index in [9.17, 15) is 14.2 Å². The fourth-order valence-electron chi connectivity index (χ4n) is 8.72. The molecule has 1 aromatic heterocycles. The summed E-state index contributed by atoms with van der Waals surface area (Å²) in [7, 11) is 1.08. The normalized spacial score (nSPS) is 21.2. The highest BCUT2D eigenvalue weighted by molar-refractivity contribution is 8.13. The number of carbonyl (C=O) groups excluding carboxylic acids is 1. The third kappa shape index (κ3) is 12.0. The minimum Gasteiger partial charge on any atom is -0.497 e. The first-order valence-electron chi connectivity index (χ1n) is 23.5. The van der Waals surface area contributed by atoms with E-state index in [2.05, 4.69) is 17.2 Å². The van der Waals surface area contributed by atoms with Crippen molar-refractivity contribution in [1.82, 2.24) is 14.2 Å². The molecule has 6 rings (SSSR count). The van der Waals surface area contributed by atoms with Gasteiger partial charge in [-0.2, -0.15) is 4.98 Å². The van der Waals surface area contributed by atoms with Gasteiger partial charge in [0.05, 0.1) is 27.4 Å². The van der Waals surface area contributed by atoms with Crippen LogP contribution in [0.15, 0.2) is 95.9 Å². The van der Waals surface area contributed by atoms with Gasteiger partial charge in [-0.3, -0.25) is 18.4 Å². The van der Waals surface area contributed by atoms with Crippen molar-refractivity contribution in [2.24, 2.45) is 5.41 Å². The van der Waals surface area contributed by atoms with Crippen molar-refractivity contribution >= 4 is 30.4 Å². The number of nitrogens with one attached hydrogen (secondary N) is 1. The largest absolute Gasteiger partial charge is 0.497 e. The molecule has 0 aliphatic carbocycles. The Morgan fingerprint density at radius 1 is 0.866 bits per heavy atom. The van der Waals surface area contributed by atoms with E-state index in [1.807, 2.05) is 120 Å². The van der Waals surface area contributed by atoms with Gasteiger partial charge in [0.2, 0.25) is 0 Å². The molecule has 0 amide bonds. The molecule has 0 saturated carbocycles. The van der Waals surface area contributed by atoms with Gasteiger partial charge in [0.25, 0.3) is 0 Å². The predicted molar refractivity (Wildman–Crippen MR) is 264 cm³/mol. The summed E-state index contributed by atoms with van der Waals surface area (Å²) >= 11 is 1.17. The van der Waals surface area contributed by atoms with Crippen LogP contribution in [-0.2, 0) is 38.2 Å². The Balaban J connectivity index is 1.28. The number of hydrogen-bond donors (Lipinski definition) is 1. The monoisotopic (exact) mass is 962 g/mol. The third-order valence-corrected chi connectivity index (χ3v) is 16.1. The van der Waals surface area contributed by atoms with Crippen molar-refractivity contribution in [2.75, 3.05) is 52.1 Å². The summed E-state index contributed by atoms with van der Waals surface area (Å²) in [5, 5.41) is 3.73. The van der Waals surface area contributed by atoms with E-state index in [1.54, 1.807) is 38.2 Å². The number of methoxy groups -OCH3 is 2. The Morgan fingerprint density at radius 3 is 2.04 bits per heavy atom. The van der Waals surface area contributed by atoms with Crippen molar-refractivity contribution in [3.8, 4) is 11.5 Å². The number of aromatic nitrogens is 2. The highest BCUT2D eigenvalue weighted by Gasteiger charge is 2.64.